The number of carbonyl (C=O) groups excluding carboxylic acids is 1. The average Bonchev–Trinajstić information content (AvgIpc) is 2.90. The summed E-state index contributed by atoms with van der Waals surface area (Å²) in [4.78, 5) is 14.2. The van der Waals surface area contributed by atoms with Gasteiger partial charge in [0.1, 0.15) is 5.75 Å². The van der Waals surface area contributed by atoms with Gasteiger partial charge >= 0.3 is 0 Å². The van der Waals surface area contributed by atoms with Crippen LogP contribution in [0, 0.1) is 3.57 Å². The Morgan fingerprint density at radius 2 is 1.90 bits per heavy atom. The topological polar surface area (TPSA) is 59.0 Å². The second kappa shape index (κ2) is 5.50. The maximum Gasteiger partial charge on any atom is 0.253 e. The molecular weight excluding hydrogens is 373 g/mol. The molecule has 0 aromatic heterocycles. The Morgan fingerprint density at radius 1 is 1.25 bits per heavy atom. The molecule has 2 saturated heterocycles. The molecule has 2 aliphatic rings. The summed E-state index contributed by atoms with van der Waals surface area (Å²) in [6.07, 6.45) is 1.41. The summed E-state index contributed by atoms with van der Waals surface area (Å²) in [5.74, 6) is -0.373. The highest BCUT2D eigenvalue weighted by Crippen LogP contribution is 2.32. The first-order chi connectivity index (χ1) is 9.60. The van der Waals surface area contributed by atoms with E-state index in [9.17, 15) is 9.90 Å². The van der Waals surface area contributed by atoms with Gasteiger partial charge in [0.2, 0.25) is 0 Å². The predicted molar refractivity (Wildman–Crippen MR) is 80.6 cm³/mol. The first kappa shape index (κ1) is 14.1. The molecule has 20 heavy (non-hydrogen) atoms. The van der Waals surface area contributed by atoms with Gasteiger partial charge in [-0.15, -0.1) is 0 Å². The molecule has 0 bridgehead atoms. The zero-order valence-corrected chi connectivity index (χ0v) is 13.1. The lowest BCUT2D eigenvalue weighted by atomic mass is 10.0. The number of hydrogen-bond acceptors (Lipinski definition) is 4. The molecule has 0 atom stereocenters. The first-order valence-corrected chi connectivity index (χ1v) is 7.73. The van der Waals surface area contributed by atoms with Crippen LogP contribution >= 0.6 is 22.6 Å². The highest BCUT2D eigenvalue weighted by molar-refractivity contribution is 14.1. The van der Waals surface area contributed by atoms with Crippen molar-refractivity contribution in [3.8, 4) is 5.75 Å². The van der Waals surface area contributed by atoms with Crippen molar-refractivity contribution in [1.82, 2.24) is 4.90 Å². The van der Waals surface area contributed by atoms with E-state index < -0.39 is 5.79 Å². The number of phenolic OH excluding ortho intramolecular Hbond substituents is 1. The van der Waals surface area contributed by atoms with Crippen molar-refractivity contribution >= 4 is 28.5 Å². The predicted octanol–water partition coefficient (Wildman–Crippen LogP) is 1.98. The molecule has 1 N–H and O–H groups in total. The molecule has 108 valence electrons. The molecule has 2 heterocycles. The fourth-order valence-electron chi connectivity index (χ4n) is 2.66. The molecule has 1 amide bonds. The number of carbonyl (C=O) groups is 1. The summed E-state index contributed by atoms with van der Waals surface area (Å²) in [7, 11) is 0. The van der Waals surface area contributed by atoms with Crippen LogP contribution in [0.15, 0.2) is 18.2 Å². The SMILES string of the molecule is O=C(c1ccc(I)c(O)c1)N1CCC2(CC1)OCCO2. The highest BCUT2D eigenvalue weighted by Gasteiger charge is 2.40. The van der Waals surface area contributed by atoms with E-state index in [4.69, 9.17) is 9.47 Å². The third-order valence-electron chi connectivity index (χ3n) is 3.82. The van der Waals surface area contributed by atoms with E-state index in [-0.39, 0.29) is 11.7 Å². The minimum atomic E-state index is -0.467. The van der Waals surface area contributed by atoms with Crippen molar-refractivity contribution in [3.05, 3.63) is 27.3 Å². The quantitative estimate of drug-likeness (QED) is 0.747. The third kappa shape index (κ3) is 2.64. The van der Waals surface area contributed by atoms with E-state index >= 15 is 0 Å². The van der Waals surface area contributed by atoms with Gasteiger partial charge in [-0.1, -0.05) is 0 Å². The number of amides is 1. The minimum absolute atomic E-state index is 0.0513. The Balaban J connectivity index is 1.68. The van der Waals surface area contributed by atoms with Gasteiger partial charge in [0.15, 0.2) is 5.79 Å². The van der Waals surface area contributed by atoms with Crippen molar-refractivity contribution in [2.75, 3.05) is 26.3 Å². The number of rotatable bonds is 1. The summed E-state index contributed by atoms with van der Waals surface area (Å²) in [5.41, 5.74) is 0.520. The molecule has 5 nitrogen and oxygen atoms in total. The van der Waals surface area contributed by atoms with Crippen molar-refractivity contribution < 1.29 is 19.4 Å². The number of hydrogen-bond donors (Lipinski definition) is 1. The Kier molecular flexibility index (Phi) is 3.87. The van der Waals surface area contributed by atoms with Gasteiger partial charge in [-0.3, -0.25) is 4.79 Å². The van der Waals surface area contributed by atoms with E-state index in [0.717, 1.165) is 3.57 Å². The molecule has 2 aliphatic heterocycles. The van der Waals surface area contributed by atoms with E-state index in [0.29, 0.717) is 44.7 Å². The largest absolute Gasteiger partial charge is 0.507 e. The molecule has 0 saturated carbocycles. The number of nitrogens with zero attached hydrogens (tertiary/aromatic N) is 1. The molecule has 0 unspecified atom stereocenters. The molecule has 0 aliphatic carbocycles. The summed E-state index contributed by atoms with van der Waals surface area (Å²) >= 11 is 2.03. The van der Waals surface area contributed by atoms with Crippen LogP contribution in [0.5, 0.6) is 5.75 Å². The third-order valence-corrected chi connectivity index (χ3v) is 4.73. The first-order valence-electron chi connectivity index (χ1n) is 6.65. The van der Waals surface area contributed by atoms with E-state index in [1.165, 1.54) is 6.07 Å². The molecule has 1 aromatic rings. The summed E-state index contributed by atoms with van der Waals surface area (Å²) in [5, 5.41) is 9.70. The van der Waals surface area contributed by atoms with Gasteiger partial charge in [-0.05, 0) is 40.8 Å². The zero-order chi connectivity index (χ0) is 14.2. The second-order valence-corrected chi connectivity index (χ2v) is 6.23. The standard InChI is InChI=1S/C14H16INO4/c15-11-2-1-10(9-12(11)17)13(18)16-5-3-14(4-6-16)19-7-8-20-14/h1-2,9,17H,3-8H2. The monoisotopic (exact) mass is 389 g/mol. The van der Waals surface area contributed by atoms with Crippen LogP contribution in [0.1, 0.15) is 23.2 Å². The van der Waals surface area contributed by atoms with E-state index in [1.54, 1.807) is 17.0 Å². The lowest BCUT2D eigenvalue weighted by Gasteiger charge is -2.37. The lowest BCUT2D eigenvalue weighted by Crippen LogP contribution is -2.47. The number of aromatic hydroxyl groups is 1. The molecule has 0 radical (unpaired) electrons. The number of likely N-dealkylation sites (tertiary alicyclic amines) is 1. The van der Waals surface area contributed by atoms with E-state index in [1.807, 2.05) is 22.6 Å². The number of ether oxygens (including phenoxy) is 2. The van der Waals surface area contributed by atoms with Gasteiger partial charge in [0.25, 0.3) is 5.91 Å². The summed E-state index contributed by atoms with van der Waals surface area (Å²) in [6, 6.07) is 5.02. The van der Waals surface area contributed by atoms with Gasteiger partial charge < -0.3 is 19.5 Å². The maximum atomic E-state index is 12.4. The van der Waals surface area contributed by atoms with Crippen LogP contribution in [0.3, 0.4) is 0 Å². The summed E-state index contributed by atoms with van der Waals surface area (Å²) < 4.78 is 12.0. The molecular formula is C14H16INO4. The molecule has 1 spiro atoms. The average molecular weight is 389 g/mol. The van der Waals surface area contributed by atoms with Crippen LogP contribution in [0.25, 0.3) is 0 Å². The Hall–Kier alpha value is -0.860. The van der Waals surface area contributed by atoms with Crippen molar-refractivity contribution in [2.24, 2.45) is 0 Å². The molecule has 3 rings (SSSR count). The van der Waals surface area contributed by atoms with E-state index in [2.05, 4.69) is 0 Å². The lowest BCUT2D eigenvalue weighted by molar-refractivity contribution is -0.181. The van der Waals surface area contributed by atoms with Crippen molar-refractivity contribution in [2.45, 2.75) is 18.6 Å². The normalized spacial score (nSPS) is 21.4. The minimum Gasteiger partial charge on any atom is -0.507 e. The van der Waals surface area contributed by atoms with Crippen molar-refractivity contribution in [3.63, 3.8) is 0 Å². The number of halogens is 1. The Bertz CT molecular complexity index is 518. The fourth-order valence-corrected chi connectivity index (χ4v) is 3.00. The maximum absolute atomic E-state index is 12.4. The van der Waals surface area contributed by atoms with Crippen LogP contribution in [-0.4, -0.2) is 48.0 Å². The molecule has 2 fully saturated rings. The fraction of sp³-hybridized carbons (Fsp3) is 0.500. The molecule has 1 aromatic carbocycles. The number of phenols is 1. The smallest absolute Gasteiger partial charge is 0.253 e. The van der Waals surface area contributed by atoms with Gasteiger partial charge in [0, 0.05) is 31.5 Å². The van der Waals surface area contributed by atoms with Gasteiger partial charge in [-0.25, -0.2) is 0 Å². The van der Waals surface area contributed by atoms with Gasteiger partial charge in [-0.2, -0.15) is 0 Å². The highest BCUT2D eigenvalue weighted by atomic mass is 127. The van der Waals surface area contributed by atoms with Crippen LogP contribution in [0.2, 0.25) is 0 Å². The van der Waals surface area contributed by atoms with Crippen LogP contribution in [-0.2, 0) is 9.47 Å². The number of piperidine rings is 1. The van der Waals surface area contributed by atoms with Gasteiger partial charge in [0.05, 0.1) is 16.8 Å². The van der Waals surface area contributed by atoms with Crippen LogP contribution in [0.4, 0.5) is 0 Å². The van der Waals surface area contributed by atoms with Crippen LogP contribution < -0.4 is 0 Å². The number of benzene rings is 1. The Labute approximate surface area is 131 Å². The zero-order valence-electron chi connectivity index (χ0n) is 11.0. The summed E-state index contributed by atoms with van der Waals surface area (Å²) in [6.45, 7) is 2.51. The van der Waals surface area contributed by atoms with Crippen molar-refractivity contribution in [1.29, 1.82) is 0 Å². The Morgan fingerprint density at radius 3 is 2.50 bits per heavy atom. The second-order valence-electron chi connectivity index (χ2n) is 5.07. The molecule has 6 heteroatoms.